The Hall–Kier alpha value is -3.14. The first-order chi connectivity index (χ1) is 11.0. The molecule has 0 heterocycles. The summed E-state index contributed by atoms with van der Waals surface area (Å²) in [5, 5.41) is 17.2. The molecule has 0 aliphatic carbocycles. The lowest BCUT2D eigenvalue weighted by molar-refractivity contribution is -0.132. The van der Waals surface area contributed by atoms with Crippen LogP contribution in [0, 0.1) is 0 Å². The summed E-state index contributed by atoms with van der Waals surface area (Å²) < 4.78 is 0. The van der Waals surface area contributed by atoms with Crippen molar-refractivity contribution in [3.8, 4) is 0 Å². The number of carboxylic acid groups (broad SMARTS) is 2. The van der Waals surface area contributed by atoms with Gasteiger partial charge in [0.25, 0.3) is 0 Å². The molecule has 23 heavy (non-hydrogen) atoms. The molecule has 0 fully saturated rings. The van der Waals surface area contributed by atoms with Gasteiger partial charge in [0.05, 0.1) is 0 Å². The fourth-order valence-corrected chi connectivity index (χ4v) is 2.06. The minimum atomic E-state index is -0.967. The predicted molar refractivity (Wildman–Crippen MR) is 89.0 cm³/mol. The van der Waals surface area contributed by atoms with Crippen LogP contribution in [0.2, 0.25) is 0 Å². The van der Waals surface area contributed by atoms with E-state index in [0.717, 1.165) is 40.8 Å². The summed E-state index contributed by atoms with van der Waals surface area (Å²) in [7, 11) is 0. The minimum absolute atomic E-state index is 0.756. The molecule has 0 aliphatic rings. The zero-order valence-corrected chi connectivity index (χ0v) is 12.3. The summed E-state index contributed by atoms with van der Waals surface area (Å²) in [6, 6.07) is 15.3. The molecule has 4 heteroatoms. The van der Waals surface area contributed by atoms with Crippen molar-refractivity contribution in [2.24, 2.45) is 0 Å². The Morgan fingerprint density at radius 3 is 1.35 bits per heavy atom. The number of hydrogen-bond acceptors (Lipinski definition) is 2. The van der Waals surface area contributed by atoms with Crippen molar-refractivity contribution in [3.63, 3.8) is 0 Å². The fourth-order valence-electron chi connectivity index (χ4n) is 2.06. The highest BCUT2D eigenvalue weighted by molar-refractivity contribution is 5.85. The number of carbonyl (C=O) groups is 2. The third-order valence-electron chi connectivity index (χ3n) is 3.20. The van der Waals surface area contributed by atoms with Gasteiger partial charge in [0, 0.05) is 12.2 Å². The highest BCUT2D eigenvalue weighted by atomic mass is 16.4. The maximum absolute atomic E-state index is 10.5. The van der Waals surface area contributed by atoms with Crippen LogP contribution in [0.1, 0.15) is 22.3 Å². The third-order valence-corrected chi connectivity index (χ3v) is 3.20. The standard InChI is InChI=1S/C19H16O4/c20-18(21)11-9-14-1-5-16(6-2-14)13-17-7-3-15(4-8-17)10-12-19(22)23/h1-12H,13H2,(H,20,21)(H,22,23)/b11-9+,12-10+. The summed E-state index contributed by atoms with van der Waals surface area (Å²) in [6.45, 7) is 0. The largest absolute Gasteiger partial charge is 0.478 e. The molecule has 4 nitrogen and oxygen atoms in total. The first kappa shape index (κ1) is 16.2. The van der Waals surface area contributed by atoms with Gasteiger partial charge in [0.2, 0.25) is 0 Å². The summed E-state index contributed by atoms with van der Waals surface area (Å²) in [5.41, 5.74) is 3.91. The average Bonchev–Trinajstić information content (AvgIpc) is 2.53. The van der Waals surface area contributed by atoms with Crippen molar-refractivity contribution in [2.45, 2.75) is 6.42 Å². The predicted octanol–water partition coefficient (Wildman–Crippen LogP) is 3.47. The lowest BCUT2D eigenvalue weighted by Crippen LogP contribution is -1.89. The lowest BCUT2D eigenvalue weighted by atomic mass is 10.0. The third kappa shape index (κ3) is 5.63. The second-order valence-corrected chi connectivity index (χ2v) is 5.00. The van der Waals surface area contributed by atoms with Gasteiger partial charge in [-0.25, -0.2) is 9.59 Å². The zero-order valence-electron chi connectivity index (χ0n) is 12.3. The SMILES string of the molecule is O=C(O)/C=C/c1ccc(Cc2ccc(/C=C/C(=O)O)cc2)cc1. The topological polar surface area (TPSA) is 74.6 Å². The maximum Gasteiger partial charge on any atom is 0.328 e. The quantitative estimate of drug-likeness (QED) is 0.801. The van der Waals surface area contributed by atoms with Gasteiger partial charge in [0.1, 0.15) is 0 Å². The van der Waals surface area contributed by atoms with E-state index in [0.29, 0.717) is 0 Å². The Kier molecular flexibility index (Phi) is 5.47. The first-order valence-corrected chi connectivity index (χ1v) is 7.03. The van der Waals surface area contributed by atoms with E-state index in [9.17, 15) is 9.59 Å². The van der Waals surface area contributed by atoms with E-state index >= 15 is 0 Å². The normalized spacial score (nSPS) is 11.1. The number of benzene rings is 2. The molecule has 0 radical (unpaired) electrons. The molecule has 0 saturated heterocycles. The Balaban J connectivity index is 2.01. The molecule has 0 unspecified atom stereocenters. The van der Waals surface area contributed by atoms with Crippen LogP contribution < -0.4 is 0 Å². The van der Waals surface area contributed by atoms with Crippen molar-refractivity contribution in [1.29, 1.82) is 0 Å². The summed E-state index contributed by atoms with van der Waals surface area (Å²) in [4.78, 5) is 20.9. The lowest BCUT2D eigenvalue weighted by Gasteiger charge is -2.03. The molecule has 2 N–H and O–H groups in total. The molecule has 0 amide bonds. The monoisotopic (exact) mass is 308 g/mol. The van der Waals surface area contributed by atoms with E-state index in [1.165, 1.54) is 0 Å². The molecule has 0 saturated carbocycles. The number of hydrogen-bond donors (Lipinski definition) is 2. The Labute approximate surface area is 134 Å². The molecule has 0 spiro atoms. The van der Waals surface area contributed by atoms with Crippen LogP contribution in [0.25, 0.3) is 12.2 Å². The van der Waals surface area contributed by atoms with E-state index in [1.807, 2.05) is 48.5 Å². The Morgan fingerprint density at radius 2 is 1.04 bits per heavy atom. The van der Waals surface area contributed by atoms with Gasteiger partial charge in [-0.1, -0.05) is 48.5 Å². The van der Waals surface area contributed by atoms with Gasteiger partial charge in [-0.3, -0.25) is 0 Å². The smallest absolute Gasteiger partial charge is 0.328 e. The van der Waals surface area contributed by atoms with E-state index in [4.69, 9.17) is 10.2 Å². The molecular weight excluding hydrogens is 292 g/mol. The maximum atomic E-state index is 10.5. The fraction of sp³-hybridized carbons (Fsp3) is 0.0526. The first-order valence-electron chi connectivity index (χ1n) is 7.03. The number of rotatable bonds is 6. The summed E-state index contributed by atoms with van der Waals surface area (Å²) >= 11 is 0. The van der Waals surface area contributed by atoms with E-state index in [-0.39, 0.29) is 0 Å². The van der Waals surface area contributed by atoms with E-state index in [1.54, 1.807) is 12.2 Å². The molecule has 0 aromatic heterocycles. The highest BCUT2D eigenvalue weighted by Crippen LogP contribution is 2.13. The van der Waals surface area contributed by atoms with Crippen LogP contribution in [0.4, 0.5) is 0 Å². The second kappa shape index (κ2) is 7.75. The molecular formula is C19H16O4. The highest BCUT2D eigenvalue weighted by Gasteiger charge is 1.98. The van der Waals surface area contributed by atoms with E-state index < -0.39 is 11.9 Å². The van der Waals surface area contributed by atoms with Gasteiger partial charge in [-0.05, 0) is 40.8 Å². The molecule has 0 atom stereocenters. The van der Waals surface area contributed by atoms with Crippen LogP contribution in [0.15, 0.2) is 60.7 Å². The van der Waals surface area contributed by atoms with Crippen LogP contribution in [0.5, 0.6) is 0 Å². The summed E-state index contributed by atoms with van der Waals surface area (Å²) in [5.74, 6) is -1.93. The van der Waals surface area contributed by atoms with Gasteiger partial charge < -0.3 is 10.2 Å². The van der Waals surface area contributed by atoms with Crippen molar-refractivity contribution in [3.05, 3.63) is 82.9 Å². The van der Waals surface area contributed by atoms with Crippen molar-refractivity contribution in [1.82, 2.24) is 0 Å². The Morgan fingerprint density at radius 1 is 0.696 bits per heavy atom. The van der Waals surface area contributed by atoms with E-state index in [2.05, 4.69) is 0 Å². The van der Waals surface area contributed by atoms with Gasteiger partial charge in [0.15, 0.2) is 0 Å². The van der Waals surface area contributed by atoms with Crippen molar-refractivity contribution >= 4 is 24.1 Å². The minimum Gasteiger partial charge on any atom is -0.478 e. The molecule has 0 bridgehead atoms. The van der Waals surface area contributed by atoms with Crippen LogP contribution >= 0.6 is 0 Å². The van der Waals surface area contributed by atoms with Crippen molar-refractivity contribution < 1.29 is 19.8 Å². The van der Waals surface area contributed by atoms with Crippen LogP contribution in [0.3, 0.4) is 0 Å². The summed E-state index contributed by atoms with van der Waals surface area (Å²) in [6.07, 6.45) is 6.08. The van der Waals surface area contributed by atoms with Crippen LogP contribution in [-0.2, 0) is 16.0 Å². The van der Waals surface area contributed by atoms with Crippen molar-refractivity contribution in [2.75, 3.05) is 0 Å². The molecule has 2 aromatic rings. The number of carboxylic acids is 2. The molecule has 116 valence electrons. The zero-order chi connectivity index (χ0) is 16.7. The van der Waals surface area contributed by atoms with Crippen LogP contribution in [-0.4, -0.2) is 22.2 Å². The average molecular weight is 308 g/mol. The van der Waals surface area contributed by atoms with Gasteiger partial charge >= 0.3 is 11.9 Å². The molecule has 2 aromatic carbocycles. The molecule has 0 aliphatic heterocycles. The van der Waals surface area contributed by atoms with Gasteiger partial charge in [-0.2, -0.15) is 0 Å². The Bertz CT molecular complexity index is 672. The molecule has 2 rings (SSSR count). The van der Waals surface area contributed by atoms with Gasteiger partial charge in [-0.15, -0.1) is 0 Å². The second-order valence-electron chi connectivity index (χ2n) is 5.00. The number of aliphatic carboxylic acids is 2.